The number of rotatable bonds is 1. The fraction of sp³-hybridized carbons (Fsp3) is 0.500. The SMILES string of the molecule is NC1(c2c(F)c(F)cc(F)c2F)CCCCC1. The minimum absolute atomic E-state index is 0.209. The molecular weight excluding hydrogens is 234 g/mol. The third-order valence-corrected chi connectivity index (χ3v) is 3.36. The van der Waals surface area contributed by atoms with Crippen LogP contribution in [0, 0.1) is 23.3 Å². The topological polar surface area (TPSA) is 26.0 Å². The third kappa shape index (κ3) is 2.04. The molecule has 1 nitrogen and oxygen atoms in total. The van der Waals surface area contributed by atoms with Gasteiger partial charge in [-0.2, -0.15) is 0 Å². The first kappa shape index (κ1) is 12.4. The molecule has 0 unspecified atom stereocenters. The van der Waals surface area contributed by atoms with Crippen molar-refractivity contribution < 1.29 is 17.6 Å². The van der Waals surface area contributed by atoms with Crippen LogP contribution in [0.25, 0.3) is 0 Å². The number of benzene rings is 1. The van der Waals surface area contributed by atoms with Gasteiger partial charge in [0.25, 0.3) is 0 Å². The van der Waals surface area contributed by atoms with Gasteiger partial charge in [0, 0.05) is 17.2 Å². The highest BCUT2D eigenvalue weighted by Crippen LogP contribution is 2.38. The fourth-order valence-electron chi connectivity index (χ4n) is 2.44. The Morgan fingerprint density at radius 1 is 0.882 bits per heavy atom. The molecule has 0 bridgehead atoms. The molecule has 1 fully saturated rings. The van der Waals surface area contributed by atoms with Crippen LogP contribution in [0.2, 0.25) is 0 Å². The van der Waals surface area contributed by atoms with Crippen LogP contribution in [0.3, 0.4) is 0 Å². The zero-order valence-corrected chi connectivity index (χ0v) is 9.20. The zero-order chi connectivity index (χ0) is 12.6. The fourth-order valence-corrected chi connectivity index (χ4v) is 2.44. The summed E-state index contributed by atoms with van der Waals surface area (Å²) in [6.45, 7) is 0. The monoisotopic (exact) mass is 247 g/mol. The first-order chi connectivity index (χ1) is 7.96. The molecule has 5 heteroatoms. The van der Waals surface area contributed by atoms with Gasteiger partial charge in [-0.1, -0.05) is 19.3 Å². The van der Waals surface area contributed by atoms with Crippen LogP contribution < -0.4 is 5.73 Å². The molecule has 1 aromatic rings. The molecular formula is C12H13F4N. The summed E-state index contributed by atoms with van der Waals surface area (Å²) >= 11 is 0. The first-order valence-electron chi connectivity index (χ1n) is 5.58. The lowest BCUT2D eigenvalue weighted by Gasteiger charge is -2.34. The molecule has 0 heterocycles. The largest absolute Gasteiger partial charge is 0.321 e. The number of hydrogen-bond donors (Lipinski definition) is 1. The van der Waals surface area contributed by atoms with E-state index in [0.29, 0.717) is 25.7 Å². The lowest BCUT2D eigenvalue weighted by Crippen LogP contribution is -2.41. The van der Waals surface area contributed by atoms with E-state index in [2.05, 4.69) is 0 Å². The molecule has 0 saturated heterocycles. The van der Waals surface area contributed by atoms with E-state index in [-0.39, 0.29) is 6.07 Å². The van der Waals surface area contributed by atoms with E-state index in [9.17, 15) is 17.6 Å². The van der Waals surface area contributed by atoms with Crippen LogP contribution in [-0.4, -0.2) is 0 Å². The van der Waals surface area contributed by atoms with Crippen LogP contribution >= 0.6 is 0 Å². The van der Waals surface area contributed by atoms with Gasteiger partial charge in [-0.3, -0.25) is 0 Å². The van der Waals surface area contributed by atoms with Gasteiger partial charge >= 0.3 is 0 Å². The quantitative estimate of drug-likeness (QED) is 0.597. The molecule has 1 aliphatic carbocycles. The smallest absolute Gasteiger partial charge is 0.167 e. The molecule has 0 amide bonds. The van der Waals surface area contributed by atoms with Crippen LogP contribution in [0.5, 0.6) is 0 Å². The van der Waals surface area contributed by atoms with Crippen molar-refractivity contribution in [1.82, 2.24) is 0 Å². The summed E-state index contributed by atoms with van der Waals surface area (Å²) in [5.74, 6) is -5.52. The Morgan fingerprint density at radius 3 is 1.82 bits per heavy atom. The summed E-state index contributed by atoms with van der Waals surface area (Å²) in [7, 11) is 0. The van der Waals surface area contributed by atoms with Crippen molar-refractivity contribution in [3.63, 3.8) is 0 Å². The van der Waals surface area contributed by atoms with Crippen molar-refractivity contribution >= 4 is 0 Å². The van der Waals surface area contributed by atoms with E-state index in [4.69, 9.17) is 5.73 Å². The Kier molecular flexibility index (Phi) is 3.12. The highest BCUT2D eigenvalue weighted by molar-refractivity contribution is 5.30. The van der Waals surface area contributed by atoms with Gasteiger partial charge in [-0.05, 0) is 12.8 Å². The second kappa shape index (κ2) is 4.29. The Bertz CT molecular complexity index is 412. The standard InChI is InChI=1S/C12H13F4N/c13-7-6-8(14)11(16)9(10(7)15)12(17)4-2-1-3-5-12/h6H,1-5,17H2. The van der Waals surface area contributed by atoms with Gasteiger partial charge in [0.2, 0.25) is 0 Å². The highest BCUT2D eigenvalue weighted by atomic mass is 19.2. The Hall–Kier alpha value is -1.10. The molecule has 0 radical (unpaired) electrons. The minimum Gasteiger partial charge on any atom is -0.321 e. The predicted octanol–water partition coefficient (Wildman–Crippen LogP) is 3.36. The average molecular weight is 247 g/mol. The molecule has 94 valence electrons. The number of halogens is 4. The molecule has 0 spiro atoms. The Morgan fingerprint density at radius 2 is 1.35 bits per heavy atom. The van der Waals surface area contributed by atoms with Crippen molar-refractivity contribution in [2.75, 3.05) is 0 Å². The average Bonchev–Trinajstić information content (AvgIpc) is 2.27. The predicted molar refractivity (Wildman–Crippen MR) is 55.2 cm³/mol. The summed E-state index contributed by atoms with van der Waals surface area (Å²) < 4.78 is 53.4. The summed E-state index contributed by atoms with van der Waals surface area (Å²) in [4.78, 5) is 0. The summed E-state index contributed by atoms with van der Waals surface area (Å²) in [6.07, 6.45) is 2.99. The van der Waals surface area contributed by atoms with Crippen LogP contribution in [-0.2, 0) is 5.54 Å². The van der Waals surface area contributed by atoms with E-state index in [0.717, 1.165) is 6.42 Å². The van der Waals surface area contributed by atoms with E-state index in [1.807, 2.05) is 0 Å². The van der Waals surface area contributed by atoms with Gasteiger partial charge in [-0.25, -0.2) is 17.6 Å². The molecule has 0 aliphatic heterocycles. The lowest BCUT2D eigenvalue weighted by molar-refractivity contribution is 0.273. The molecule has 0 aromatic heterocycles. The van der Waals surface area contributed by atoms with E-state index in [1.165, 1.54) is 0 Å². The van der Waals surface area contributed by atoms with Gasteiger partial charge in [0.15, 0.2) is 23.3 Å². The number of hydrogen-bond acceptors (Lipinski definition) is 1. The third-order valence-electron chi connectivity index (χ3n) is 3.36. The van der Waals surface area contributed by atoms with Crippen molar-refractivity contribution in [2.45, 2.75) is 37.6 Å². The molecule has 1 aliphatic rings. The van der Waals surface area contributed by atoms with Crippen molar-refractivity contribution in [1.29, 1.82) is 0 Å². The zero-order valence-electron chi connectivity index (χ0n) is 9.20. The van der Waals surface area contributed by atoms with Gasteiger partial charge in [0.1, 0.15) is 0 Å². The summed E-state index contributed by atoms with van der Waals surface area (Å²) in [6, 6.07) is 0.209. The van der Waals surface area contributed by atoms with Crippen LogP contribution in [0.4, 0.5) is 17.6 Å². The van der Waals surface area contributed by atoms with Crippen LogP contribution in [0.1, 0.15) is 37.7 Å². The van der Waals surface area contributed by atoms with E-state index < -0.39 is 34.4 Å². The van der Waals surface area contributed by atoms with Gasteiger partial charge < -0.3 is 5.73 Å². The van der Waals surface area contributed by atoms with E-state index >= 15 is 0 Å². The second-order valence-electron chi connectivity index (χ2n) is 4.56. The molecule has 1 aromatic carbocycles. The first-order valence-corrected chi connectivity index (χ1v) is 5.58. The Balaban J connectivity index is 2.57. The highest BCUT2D eigenvalue weighted by Gasteiger charge is 2.37. The van der Waals surface area contributed by atoms with Gasteiger partial charge in [0.05, 0.1) is 0 Å². The van der Waals surface area contributed by atoms with E-state index in [1.54, 1.807) is 0 Å². The minimum atomic E-state index is -1.39. The summed E-state index contributed by atoms with van der Waals surface area (Å²) in [5.41, 5.74) is 3.97. The molecule has 17 heavy (non-hydrogen) atoms. The maximum Gasteiger partial charge on any atom is 0.167 e. The van der Waals surface area contributed by atoms with Crippen molar-refractivity contribution in [3.8, 4) is 0 Å². The summed E-state index contributed by atoms with van der Waals surface area (Å²) in [5, 5.41) is 0. The van der Waals surface area contributed by atoms with Crippen molar-refractivity contribution in [3.05, 3.63) is 34.9 Å². The maximum atomic E-state index is 13.6. The maximum absolute atomic E-state index is 13.6. The number of nitrogens with two attached hydrogens (primary N) is 1. The molecule has 2 rings (SSSR count). The molecule has 0 atom stereocenters. The van der Waals surface area contributed by atoms with Gasteiger partial charge in [-0.15, -0.1) is 0 Å². The molecule has 2 N–H and O–H groups in total. The molecule has 1 saturated carbocycles. The lowest BCUT2D eigenvalue weighted by atomic mass is 9.77. The van der Waals surface area contributed by atoms with Crippen molar-refractivity contribution in [2.24, 2.45) is 5.73 Å². The normalized spacial score (nSPS) is 19.4. The van der Waals surface area contributed by atoms with Crippen LogP contribution in [0.15, 0.2) is 6.07 Å². The Labute approximate surface area is 96.6 Å². The second-order valence-corrected chi connectivity index (χ2v) is 4.56.